The first kappa shape index (κ1) is 58.6. The minimum Gasteiger partial charge on any atom is -0.409 e. The van der Waals surface area contributed by atoms with Gasteiger partial charge in [-0.25, -0.2) is 4.79 Å². The Hall–Kier alpha value is -8.62. The molecule has 6 heterocycles. The Balaban J connectivity index is 0.738. The van der Waals surface area contributed by atoms with E-state index in [9.17, 15) is 43.2 Å². The maximum atomic E-state index is 14.6. The molecule has 436 valence electrons. The van der Waals surface area contributed by atoms with Gasteiger partial charge in [0.05, 0.1) is 22.6 Å². The van der Waals surface area contributed by atoms with Gasteiger partial charge in [0.1, 0.15) is 17.8 Å². The van der Waals surface area contributed by atoms with Gasteiger partial charge in [0, 0.05) is 116 Å². The molecule has 0 radical (unpaired) electrons. The molecule has 0 bridgehead atoms. The van der Waals surface area contributed by atoms with E-state index in [0.717, 1.165) is 59.0 Å². The van der Waals surface area contributed by atoms with Crippen molar-refractivity contribution in [3.8, 4) is 5.75 Å². The summed E-state index contributed by atoms with van der Waals surface area (Å²) in [5, 5.41) is 13.0. The summed E-state index contributed by atoms with van der Waals surface area (Å²) in [6.45, 7) is 6.59. The molecule has 3 aliphatic heterocycles. The number of aryl methyl sites for hydroxylation is 1. The Morgan fingerprint density at radius 3 is 2.19 bits per heavy atom. The van der Waals surface area contributed by atoms with Crippen molar-refractivity contribution >= 4 is 114 Å². The SMILES string of the molecule is Cc1csc2c(OC(=O)N3CCN(C(=O)CNC(=O)[C@H](CC(C)C)NC(=O)[C@H](Cc4ccccc4)NC(=O)CCCCCN4C(=O)C=CC4=O)CC3)cc3c(c12)[C@H](CCl)CN3C(=O)c1cc2cc(CC(=O)c3cc4ccccc4[nH]3)ccc2[nH]1. The number of alkyl halides is 1. The number of Topliss-reactive ketones (excluding diaryl/α,β-unsaturated/α-hetero) is 1. The number of piperazine rings is 1. The third-order valence-electron chi connectivity index (χ3n) is 15.6. The maximum Gasteiger partial charge on any atom is 0.415 e. The summed E-state index contributed by atoms with van der Waals surface area (Å²) in [7, 11) is 0. The number of rotatable bonds is 22. The van der Waals surface area contributed by atoms with Crippen LogP contribution in [0.1, 0.15) is 95.1 Å². The molecule has 21 heteroatoms. The molecule has 3 aliphatic rings. The number of imide groups is 1. The fourth-order valence-corrected chi connectivity index (χ4v) is 12.5. The number of fused-ring (bicyclic) bond motifs is 5. The molecular formula is C63H66ClN9O10S. The topological polar surface area (TPSA) is 243 Å². The number of hydrogen-bond donors (Lipinski definition) is 5. The van der Waals surface area contributed by atoms with Crippen molar-refractivity contribution in [2.45, 2.75) is 83.7 Å². The van der Waals surface area contributed by atoms with Gasteiger partial charge in [-0.1, -0.05) is 74.9 Å². The number of amides is 8. The number of ketones is 1. The lowest BCUT2D eigenvalue weighted by molar-refractivity contribution is -0.137. The highest BCUT2D eigenvalue weighted by Gasteiger charge is 2.38. The summed E-state index contributed by atoms with van der Waals surface area (Å²) in [6, 6.07) is 25.9. The van der Waals surface area contributed by atoms with Crippen molar-refractivity contribution < 1.29 is 47.9 Å². The molecule has 7 aromatic rings. The average Bonchev–Trinajstić information content (AvgIpc) is 4.02. The molecule has 84 heavy (non-hydrogen) atoms. The van der Waals surface area contributed by atoms with Gasteiger partial charge in [-0.2, -0.15) is 0 Å². The van der Waals surface area contributed by atoms with Crippen LogP contribution in [0.5, 0.6) is 5.75 Å². The number of ether oxygens (including phenoxy) is 1. The van der Waals surface area contributed by atoms with Crippen LogP contribution < -0.4 is 25.6 Å². The molecule has 0 saturated carbocycles. The second kappa shape index (κ2) is 25.9. The summed E-state index contributed by atoms with van der Waals surface area (Å²) in [6.07, 6.45) is 4.10. The molecule has 0 spiro atoms. The number of para-hydroxylation sites is 1. The third kappa shape index (κ3) is 13.2. The lowest BCUT2D eigenvalue weighted by atomic mass is 9.97. The number of halogens is 1. The van der Waals surface area contributed by atoms with E-state index in [1.54, 1.807) is 21.9 Å². The number of unbranched alkanes of at least 4 members (excludes halogenated alkanes) is 2. The van der Waals surface area contributed by atoms with Crippen molar-refractivity contribution in [3.63, 3.8) is 0 Å². The fourth-order valence-electron chi connectivity index (χ4n) is 11.2. The van der Waals surface area contributed by atoms with E-state index in [1.807, 2.05) is 105 Å². The van der Waals surface area contributed by atoms with E-state index in [0.29, 0.717) is 42.9 Å². The number of nitrogens with zero attached hydrogens (tertiary/aromatic N) is 4. The maximum absolute atomic E-state index is 14.6. The number of benzene rings is 4. The van der Waals surface area contributed by atoms with Crippen LogP contribution in [-0.4, -0.2) is 142 Å². The van der Waals surface area contributed by atoms with Crippen molar-refractivity contribution in [1.82, 2.24) is 40.6 Å². The number of H-pyrrole nitrogens is 2. The quantitative estimate of drug-likeness (QED) is 0.0189. The van der Waals surface area contributed by atoms with Gasteiger partial charge >= 0.3 is 6.09 Å². The van der Waals surface area contributed by atoms with Crippen molar-refractivity contribution in [2.75, 3.05) is 56.6 Å². The second-order valence-electron chi connectivity index (χ2n) is 22.1. The Morgan fingerprint density at radius 2 is 1.45 bits per heavy atom. The summed E-state index contributed by atoms with van der Waals surface area (Å²) in [5.74, 6) is -2.62. The number of aromatic amines is 2. The Labute approximate surface area is 494 Å². The Morgan fingerprint density at radius 1 is 0.750 bits per heavy atom. The largest absolute Gasteiger partial charge is 0.415 e. The van der Waals surface area contributed by atoms with Crippen LogP contribution in [0.4, 0.5) is 10.5 Å². The molecule has 3 atom stereocenters. The molecule has 5 N–H and O–H groups in total. The number of carbonyl (C=O) groups excluding carboxylic acids is 9. The summed E-state index contributed by atoms with van der Waals surface area (Å²) in [5.41, 5.74) is 6.54. The normalized spacial score (nSPS) is 15.8. The lowest BCUT2D eigenvalue weighted by Gasteiger charge is -2.34. The molecule has 1 saturated heterocycles. The van der Waals surface area contributed by atoms with Crippen LogP contribution in [0.2, 0.25) is 0 Å². The monoisotopic (exact) mass is 1180 g/mol. The number of nitrogens with one attached hydrogen (secondary N) is 5. The molecule has 8 amide bonds. The summed E-state index contributed by atoms with van der Waals surface area (Å²) in [4.78, 5) is 133. The summed E-state index contributed by atoms with van der Waals surface area (Å²) >= 11 is 8.07. The lowest BCUT2D eigenvalue weighted by Crippen LogP contribution is -2.56. The minimum absolute atomic E-state index is 0.0296. The van der Waals surface area contributed by atoms with E-state index in [-0.39, 0.29) is 124 Å². The van der Waals surface area contributed by atoms with Gasteiger partial charge < -0.3 is 45.4 Å². The van der Waals surface area contributed by atoms with Gasteiger partial charge in [0.25, 0.3) is 17.7 Å². The van der Waals surface area contributed by atoms with E-state index < -0.39 is 30.0 Å². The Kier molecular flexibility index (Phi) is 18.1. The standard InChI is InChI=1S/C63H66ClN9O10S/c1-37(2)26-47(69-61(80)48(28-39-12-6-4-7-13-39)68-53(75)16-8-5-11-21-72-54(76)19-20-55(72)77)60(79)65-34-56(78)70-22-24-71(25-23-70)63(82)83-52-32-50-58(57-38(3)36-84-59(52)57)43(33-64)35-73(50)62(81)49-31-42-27-40(17-18-45(42)67-49)29-51(74)46-30-41-14-9-10-15-44(41)66-46/h4,6-7,9-10,12-15,17-20,27,30-32,36-37,43,47-48,66-67H,5,8,11,16,21-26,28-29,33-35H2,1-3H3,(H,65,79)(H,68,75)(H,69,80)/t43-,47+,48+/m1/s1. The first-order valence-corrected chi connectivity index (χ1v) is 29.8. The number of carbonyl (C=O) groups is 9. The molecule has 19 nitrogen and oxygen atoms in total. The van der Waals surface area contributed by atoms with Gasteiger partial charge in [-0.3, -0.25) is 43.3 Å². The van der Waals surface area contributed by atoms with Crippen LogP contribution in [0.25, 0.3) is 31.9 Å². The van der Waals surface area contributed by atoms with Gasteiger partial charge in [0.2, 0.25) is 23.6 Å². The summed E-state index contributed by atoms with van der Waals surface area (Å²) < 4.78 is 6.92. The van der Waals surface area contributed by atoms with Crippen LogP contribution in [0, 0.1) is 12.8 Å². The third-order valence-corrected chi connectivity index (χ3v) is 17.1. The zero-order chi connectivity index (χ0) is 59.2. The zero-order valence-electron chi connectivity index (χ0n) is 47.0. The second-order valence-corrected chi connectivity index (χ2v) is 23.3. The van der Waals surface area contributed by atoms with Gasteiger partial charge in [-0.05, 0) is 90.1 Å². The fraction of sp³-hybridized carbons (Fsp3) is 0.349. The van der Waals surface area contributed by atoms with Gasteiger partial charge in [0.15, 0.2) is 11.5 Å². The highest BCUT2D eigenvalue weighted by atomic mass is 35.5. The first-order chi connectivity index (χ1) is 40.5. The Bertz CT molecular complexity index is 3680. The number of aromatic nitrogens is 2. The van der Waals surface area contributed by atoms with Crippen molar-refractivity contribution in [3.05, 3.63) is 142 Å². The molecule has 0 unspecified atom stereocenters. The van der Waals surface area contributed by atoms with E-state index in [2.05, 4.69) is 25.9 Å². The van der Waals surface area contributed by atoms with Crippen LogP contribution in [-0.2, 0) is 41.6 Å². The average molecular weight is 1180 g/mol. The minimum atomic E-state index is -1.02. The van der Waals surface area contributed by atoms with Crippen LogP contribution in [0.3, 0.4) is 0 Å². The van der Waals surface area contributed by atoms with Crippen molar-refractivity contribution in [1.29, 1.82) is 0 Å². The zero-order valence-corrected chi connectivity index (χ0v) is 48.5. The highest BCUT2D eigenvalue weighted by molar-refractivity contribution is 7.17. The van der Waals surface area contributed by atoms with Crippen molar-refractivity contribution in [2.24, 2.45) is 5.92 Å². The first-order valence-electron chi connectivity index (χ1n) is 28.4. The molecule has 10 rings (SSSR count). The van der Waals surface area contributed by atoms with Crippen LogP contribution in [0.15, 0.2) is 109 Å². The molecular weight excluding hydrogens is 1110 g/mol. The molecule has 4 aromatic carbocycles. The predicted molar refractivity (Wildman–Crippen MR) is 321 cm³/mol. The molecule has 1 fully saturated rings. The number of anilines is 1. The van der Waals surface area contributed by atoms with Gasteiger partial charge in [-0.15, -0.1) is 22.9 Å². The van der Waals surface area contributed by atoms with E-state index in [4.69, 9.17) is 16.3 Å². The number of hydrogen-bond acceptors (Lipinski definition) is 11. The molecule has 3 aromatic heterocycles. The smallest absolute Gasteiger partial charge is 0.409 e. The number of thiophene rings is 1. The van der Waals surface area contributed by atoms with E-state index >= 15 is 0 Å². The highest BCUT2D eigenvalue weighted by Crippen LogP contribution is 2.49. The van der Waals surface area contributed by atoms with Crippen LogP contribution >= 0.6 is 22.9 Å². The van der Waals surface area contributed by atoms with E-state index in [1.165, 1.54) is 28.4 Å². The predicted octanol–water partition coefficient (Wildman–Crippen LogP) is 8.08. The molecule has 0 aliphatic carbocycles.